The van der Waals surface area contributed by atoms with Crippen LogP contribution in [0, 0.1) is 6.92 Å². The number of nitrogens with zero attached hydrogens (tertiary/aromatic N) is 2. The highest BCUT2D eigenvalue weighted by Gasteiger charge is 2.18. The average Bonchev–Trinajstić information content (AvgIpc) is 3.20. The predicted molar refractivity (Wildman–Crippen MR) is 118 cm³/mol. The lowest BCUT2D eigenvalue weighted by atomic mass is 10.1. The zero-order valence-electron chi connectivity index (χ0n) is 16.8. The molecule has 4 rings (SSSR count). The van der Waals surface area contributed by atoms with Gasteiger partial charge >= 0.3 is 0 Å². The van der Waals surface area contributed by atoms with Gasteiger partial charge in [-0.25, -0.2) is 4.98 Å². The number of hydrogen-bond acceptors (Lipinski definition) is 6. The van der Waals surface area contributed by atoms with E-state index in [0.717, 1.165) is 16.9 Å². The van der Waals surface area contributed by atoms with Crippen molar-refractivity contribution in [2.45, 2.75) is 13.5 Å². The molecular formula is C23H20N2O4S. The van der Waals surface area contributed by atoms with Crippen molar-refractivity contribution in [3.05, 3.63) is 75.7 Å². The van der Waals surface area contributed by atoms with Crippen molar-refractivity contribution in [1.29, 1.82) is 0 Å². The van der Waals surface area contributed by atoms with E-state index < -0.39 is 0 Å². The Morgan fingerprint density at radius 2 is 1.80 bits per heavy atom. The van der Waals surface area contributed by atoms with E-state index in [2.05, 4.69) is 4.98 Å². The van der Waals surface area contributed by atoms with Crippen molar-refractivity contribution in [2.24, 2.45) is 0 Å². The van der Waals surface area contributed by atoms with Gasteiger partial charge in [0.15, 0.2) is 5.78 Å². The summed E-state index contributed by atoms with van der Waals surface area (Å²) in [5.41, 5.74) is 1.97. The molecule has 152 valence electrons. The van der Waals surface area contributed by atoms with E-state index in [4.69, 9.17) is 9.47 Å². The topological polar surface area (TPSA) is 70.4 Å². The molecule has 2 aromatic heterocycles. The molecule has 2 heterocycles. The molecule has 0 amide bonds. The fraction of sp³-hybridized carbons (Fsp3) is 0.174. The molecule has 0 saturated carbocycles. The van der Waals surface area contributed by atoms with Crippen LogP contribution in [0.4, 0.5) is 0 Å². The number of benzene rings is 2. The molecule has 0 aliphatic heterocycles. The summed E-state index contributed by atoms with van der Waals surface area (Å²) in [7, 11) is 3.16. The summed E-state index contributed by atoms with van der Waals surface area (Å²) in [6.45, 7) is 1.66. The largest absolute Gasteiger partial charge is 0.497 e. The van der Waals surface area contributed by atoms with Crippen LogP contribution < -0.4 is 15.0 Å². The number of Topliss-reactive ketones (excluding diaryl/α,β-unsaturated/α-hetero) is 1. The predicted octanol–water partition coefficient (Wildman–Crippen LogP) is 4.33. The highest BCUT2D eigenvalue weighted by atomic mass is 32.1. The molecule has 7 heteroatoms. The molecular weight excluding hydrogens is 400 g/mol. The van der Waals surface area contributed by atoms with Crippen LogP contribution in [0.3, 0.4) is 0 Å². The van der Waals surface area contributed by atoms with Crippen molar-refractivity contribution >= 4 is 27.3 Å². The number of methoxy groups -OCH3 is 2. The van der Waals surface area contributed by atoms with Crippen LogP contribution in [0.15, 0.2) is 58.7 Å². The SMILES string of the molecule is COc1ccc(-c2csc3nc(C)n(CC(=O)c4cccc(OC)c4)c(=O)c23)cc1. The first-order valence-corrected chi connectivity index (χ1v) is 10.2. The van der Waals surface area contributed by atoms with Gasteiger partial charge in [0.2, 0.25) is 0 Å². The second-order valence-electron chi connectivity index (χ2n) is 6.76. The lowest BCUT2D eigenvalue weighted by Crippen LogP contribution is -2.27. The molecule has 0 radical (unpaired) electrons. The molecule has 0 unspecified atom stereocenters. The van der Waals surface area contributed by atoms with Crippen molar-refractivity contribution < 1.29 is 14.3 Å². The third kappa shape index (κ3) is 3.59. The minimum atomic E-state index is -0.221. The van der Waals surface area contributed by atoms with Gasteiger partial charge < -0.3 is 9.47 Å². The third-order valence-corrected chi connectivity index (χ3v) is 5.85. The molecule has 6 nitrogen and oxygen atoms in total. The minimum absolute atomic E-state index is 0.0846. The zero-order valence-corrected chi connectivity index (χ0v) is 17.7. The van der Waals surface area contributed by atoms with Gasteiger partial charge in [0, 0.05) is 16.5 Å². The van der Waals surface area contributed by atoms with E-state index in [1.54, 1.807) is 45.4 Å². The maximum atomic E-state index is 13.3. The van der Waals surface area contributed by atoms with Crippen LogP contribution in [-0.4, -0.2) is 29.6 Å². The van der Waals surface area contributed by atoms with E-state index in [9.17, 15) is 9.59 Å². The molecule has 0 aliphatic carbocycles. The number of ketones is 1. The Bertz CT molecular complexity index is 1290. The summed E-state index contributed by atoms with van der Waals surface area (Å²) in [4.78, 5) is 31.4. The van der Waals surface area contributed by atoms with E-state index in [0.29, 0.717) is 27.4 Å². The van der Waals surface area contributed by atoms with Crippen LogP contribution in [0.5, 0.6) is 11.5 Å². The fourth-order valence-electron chi connectivity index (χ4n) is 3.33. The summed E-state index contributed by atoms with van der Waals surface area (Å²) in [5, 5.41) is 2.45. The lowest BCUT2D eigenvalue weighted by Gasteiger charge is -2.10. The molecule has 0 bridgehead atoms. The molecule has 0 fully saturated rings. The Labute approximate surface area is 177 Å². The fourth-order valence-corrected chi connectivity index (χ4v) is 4.31. The number of carbonyl (C=O) groups is 1. The molecule has 4 aromatic rings. The number of hydrogen-bond donors (Lipinski definition) is 0. The number of aryl methyl sites for hydroxylation is 1. The van der Waals surface area contributed by atoms with Crippen molar-refractivity contribution in [3.63, 3.8) is 0 Å². The van der Waals surface area contributed by atoms with Gasteiger partial charge in [-0.1, -0.05) is 24.3 Å². The van der Waals surface area contributed by atoms with E-state index in [1.807, 2.05) is 29.6 Å². The summed E-state index contributed by atoms with van der Waals surface area (Å²) >= 11 is 1.42. The van der Waals surface area contributed by atoms with Gasteiger partial charge in [0.1, 0.15) is 22.2 Å². The van der Waals surface area contributed by atoms with Gasteiger partial charge in [-0.2, -0.15) is 0 Å². The molecule has 0 N–H and O–H groups in total. The quantitative estimate of drug-likeness (QED) is 0.434. The van der Waals surface area contributed by atoms with Crippen LogP contribution >= 0.6 is 11.3 Å². The zero-order chi connectivity index (χ0) is 21.3. The number of fused-ring (bicyclic) bond motifs is 1. The van der Waals surface area contributed by atoms with Crippen LogP contribution in [0.1, 0.15) is 16.2 Å². The first-order valence-electron chi connectivity index (χ1n) is 9.32. The summed E-state index contributed by atoms with van der Waals surface area (Å²) in [6.07, 6.45) is 0. The molecule has 0 atom stereocenters. The highest BCUT2D eigenvalue weighted by Crippen LogP contribution is 2.32. The summed E-state index contributed by atoms with van der Waals surface area (Å²) in [6, 6.07) is 14.4. The maximum Gasteiger partial charge on any atom is 0.263 e. The highest BCUT2D eigenvalue weighted by molar-refractivity contribution is 7.17. The van der Waals surface area contributed by atoms with Gasteiger partial charge in [-0.15, -0.1) is 11.3 Å². The Morgan fingerprint density at radius 1 is 1.07 bits per heavy atom. The monoisotopic (exact) mass is 420 g/mol. The first-order chi connectivity index (χ1) is 14.5. The van der Waals surface area contributed by atoms with Crippen LogP contribution in [0.25, 0.3) is 21.3 Å². The van der Waals surface area contributed by atoms with E-state index in [-0.39, 0.29) is 17.9 Å². The van der Waals surface area contributed by atoms with Gasteiger partial charge in [0.05, 0.1) is 26.2 Å². The normalized spacial score (nSPS) is 10.9. The van der Waals surface area contributed by atoms with E-state index in [1.165, 1.54) is 15.9 Å². The summed E-state index contributed by atoms with van der Waals surface area (Å²) < 4.78 is 11.8. The number of thiophene rings is 1. The van der Waals surface area contributed by atoms with E-state index >= 15 is 0 Å². The first kappa shape index (κ1) is 19.8. The average molecular weight is 420 g/mol. The Hall–Kier alpha value is -3.45. The summed E-state index contributed by atoms with van der Waals surface area (Å²) in [5.74, 6) is 1.67. The smallest absolute Gasteiger partial charge is 0.263 e. The number of aromatic nitrogens is 2. The van der Waals surface area contributed by atoms with Crippen LogP contribution in [-0.2, 0) is 6.54 Å². The van der Waals surface area contributed by atoms with Gasteiger partial charge in [-0.05, 0) is 36.8 Å². The Kier molecular flexibility index (Phi) is 5.37. The minimum Gasteiger partial charge on any atom is -0.497 e. The van der Waals surface area contributed by atoms with Crippen molar-refractivity contribution in [1.82, 2.24) is 9.55 Å². The lowest BCUT2D eigenvalue weighted by molar-refractivity contribution is 0.0969. The second kappa shape index (κ2) is 8.12. The Balaban J connectivity index is 1.77. The third-order valence-electron chi connectivity index (χ3n) is 4.98. The number of carbonyl (C=O) groups excluding carboxylic acids is 1. The molecule has 0 aliphatic rings. The van der Waals surface area contributed by atoms with Gasteiger partial charge in [-0.3, -0.25) is 14.2 Å². The molecule has 0 spiro atoms. The number of ether oxygens (including phenoxy) is 2. The second-order valence-corrected chi connectivity index (χ2v) is 7.62. The standard InChI is InChI=1S/C23H20N2O4S/c1-14-24-22-21(19(13-30-22)15-7-9-17(28-2)10-8-15)23(27)25(14)12-20(26)16-5-4-6-18(11-16)29-3/h4-11,13H,12H2,1-3H3. The van der Waals surface area contributed by atoms with Crippen LogP contribution in [0.2, 0.25) is 0 Å². The molecule has 30 heavy (non-hydrogen) atoms. The van der Waals surface area contributed by atoms with Crippen molar-refractivity contribution in [2.75, 3.05) is 14.2 Å². The molecule has 2 aromatic carbocycles. The Morgan fingerprint density at radius 3 is 2.50 bits per heavy atom. The van der Waals surface area contributed by atoms with Crippen molar-refractivity contribution in [3.8, 4) is 22.6 Å². The maximum absolute atomic E-state index is 13.3. The molecule has 0 saturated heterocycles. The van der Waals surface area contributed by atoms with Gasteiger partial charge in [0.25, 0.3) is 5.56 Å². The number of rotatable bonds is 6.